The van der Waals surface area contributed by atoms with E-state index in [-0.39, 0.29) is 25.8 Å². The number of halogens is 2. The third-order valence-electron chi connectivity index (χ3n) is 6.04. The molecule has 290 valence electrons. The van der Waals surface area contributed by atoms with E-state index in [1.807, 2.05) is 78.4 Å². The van der Waals surface area contributed by atoms with Crippen LogP contribution in [0.15, 0.2) is 60.8 Å². The highest BCUT2D eigenvalue weighted by atomic mass is 35.5. The summed E-state index contributed by atoms with van der Waals surface area (Å²) in [6.07, 6.45) is 6.28. The van der Waals surface area contributed by atoms with Crippen molar-refractivity contribution in [3.05, 3.63) is 82.8 Å². The van der Waals surface area contributed by atoms with Gasteiger partial charge in [0.1, 0.15) is 31.0 Å². The Labute approximate surface area is 311 Å². The van der Waals surface area contributed by atoms with Crippen LogP contribution < -0.4 is 20.9 Å². The van der Waals surface area contributed by atoms with E-state index in [0.717, 1.165) is 11.3 Å². The second-order valence-electron chi connectivity index (χ2n) is 9.12. The van der Waals surface area contributed by atoms with Crippen LogP contribution in [-0.2, 0) is 36.9 Å². The molecule has 0 amide bonds. The first-order valence-corrected chi connectivity index (χ1v) is 16.9. The van der Waals surface area contributed by atoms with E-state index in [4.69, 9.17) is 30.6 Å². The summed E-state index contributed by atoms with van der Waals surface area (Å²) >= 11 is 6.46. The summed E-state index contributed by atoms with van der Waals surface area (Å²) in [5.74, 6) is 4.72. The molecule has 1 atom stereocenters. The highest BCUT2D eigenvalue weighted by Gasteiger charge is 2.26. The number of nitrogens with one attached hydrogen (secondary N) is 1. The molecule has 3 N–H and O–H groups in total. The van der Waals surface area contributed by atoms with Crippen LogP contribution in [0.25, 0.3) is 0 Å². The lowest BCUT2D eigenvalue weighted by atomic mass is 10.1. The van der Waals surface area contributed by atoms with Crippen LogP contribution in [0.4, 0.5) is 21.6 Å². The van der Waals surface area contributed by atoms with Crippen molar-refractivity contribution in [3.63, 3.8) is 0 Å². The maximum atomic E-state index is 13.4. The zero-order valence-corrected chi connectivity index (χ0v) is 32.5. The van der Waals surface area contributed by atoms with Crippen LogP contribution in [0.5, 0.6) is 5.75 Å². The second kappa shape index (κ2) is 35.7. The van der Waals surface area contributed by atoms with Crippen molar-refractivity contribution in [2.24, 2.45) is 5.90 Å². The first kappa shape index (κ1) is 53.7. The van der Waals surface area contributed by atoms with Gasteiger partial charge in [-0.05, 0) is 70.0 Å². The fourth-order valence-corrected chi connectivity index (χ4v) is 4.06. The monoisotopic (exact) mass is 739 g/mol. The van der Waals surface area contributed by atoms with Gasteiger partial charge in [0.15, 0.2) is 5.82 Å². The Bertz CT molecular complexity index is 1320. The van der Waals surface area contributed by atoms with Gasteiger partial charge in [-0.3, -0.25) is 0 Å². The maximum Gasteiger partial charge on any atom is 0.328 e. The fourth-order valence-electron chi connectivity index (χ4n) is 3.82. The van der Waals surface area contributed by atoms with Crippen LogP contribution in [0.1, 0.15) is 80.9 Å². The number of benzene rings is 2. The number of nitrogens with two attached hydrogens (primary N) is 1. The molecule has 1 unspecified atom stereocenters. The summed E-state index contributed by atoms with van der Waals surface area (Å²) in [7, 11) is 3.01. The van der Waals surface area contributed by atoms with Crippen molar-refractivity contribution in [3.8, 4) is 5.75 Å². The lowest BCUT2D eigenvalue weighted by Crippen LogP contribution is -2.42. The molecule has 3 aromatic rings. The molecule has 13 heteroatoms. The topological polar surface area (TPSA) is 138 Å². The molecule has 0 aliphatic rings. The number of hydrogen-bond acceptors (Lipinski definition) is 11. The summed E-state index contributed by atoms with van der Waals surface area (Å²) in [4.78, 5) is 26.2. The predicted octanol–water partition coefficient (Wildman–Crippen LogP) is 9.15. The van der Waals surface area contributed by atoms with Gasteiger partial charge in [0.05, 0.1) is 37.2 Å². The van der Waals surface area contributed by atoms with Gasteiger partial charge in [-0.15, -0.1) is 5.10 Å². The number of nitrogens with zero attached hydrogens (tertiary/aromatic N) is 3. The minimum atomic E-state index is -0.540. The Balaban J connectivity index is -0.000000694. The molecule has 0 aliphatic heterocycles. The molecule has 0 bridgehead atoms. The number of hydrogen-bond donors (Lipinski definition) is 2. The molecule has 51 heavy (non-hydrogen) atoms. The van der Waals surface area contributed by atoms with E-state index in [2.05, 4.69) is 26.2 Å². The number of allylic oxidation sites excluding steroid dienone is 2. The van der Waals surface area contributed by atoms with Crippen LogP contribution in [0.2, 0.25) is 5.02 Å². The molecule has 0 spiro atoms. The summed E-state index contributed by atoms with van der Waals surface area (Å²) < 4.78 is 29.7. The molecular formula is C38H63ClFN5O6. The van der Waals surface area contributed by atoms with Gasteiger partial charge in [0, 0.05) is 24.9 Å². The summed E-state index contributed by atoms with van der Waals surface area (Å²) in [5.41, 5.74) is 3.03. The molecule has 0 radical (unpaired) electrons. The van der Waals surface area contributed by atoms with E-state index in [1.54, 1.807) is 51.4 Å². The van der Waals surface area contributed by atoms with Gasteiger partial charge >= 0.3 is 5.97 Å². The van der Waals surface area contributed by atoms with Gasteiger partial charge in [-0.2, -0.15) is 5.10 Å². The number of aromatic nitrogens is 2. The average Bonchev–Trinajstić information content (AvgIpc) is 3.14. The maximum absolute atomic E-state index is 13.4. The first-order valence-electron chi connectivity index (χ1n) is 16.5. The van der Waals surface area contributed by atoms with Gasteiger partial charge in [0.2, 0.25) is 0 Å². The van der Waals surface area contributed by atoms with Crippen LogP contribution >= 0.6 is 11.6 Å². The fraction of sp³-hybridized carbons (Fsp3) is 0.474. The summed E-state index contributed by atoms with van der Waals surface area (Å²) in [6.45, 7) is 21.0. The van der Waals surface area contributed by atoms with E-state index < -0.39 is 6.04 Å². The van der Waals surface area contributed by atoms with Crippen molar-refractivity contribution < 1.29 is 33.0 Å². The van der Waals surface area contributed by atoms with E-state index >= 15 is 0 Å². The van der Waals surface area contributed by atoms with Crippen LogP contribution in [0.3, 0.4) is 0 Å². The molecule has 0 fully saturated rings. The van der Waals surface area contributed by atoms with Crippen molar-refractivity contribution in [1.29, 1.82) is 0 Å². The molecular weight excluding hydrogens is 677 g/mol. The average molecular weight is 740 g/mol. The molecule has 2 aromatic carbocycles. The summed E-state index contributed by atoms with van der Waals surface area (Å²) in [5, 5.41) is 12.2. The van der Waals surface area contributed by atoms with E-state index in [9.17, 15) is 9.18 Å². The number of carbonyl (C=O) groups excluding carboxylic acids is 2. The van der Waals surface area contributed by atoms with Gasteiger partial charge in [-0.25, -0.2) is 15.1 Å². The highest BCUT2D eigenvalue weighted by molar-refractivity contribution is 6.32. The quantitative estimate of drug-likeness (QED) is 0.0986. The highest BCUT2D eigenvalue weighted by Crippen LogP contribution is 2.33. The van der Waals surface area contributed by atoms with E-state index in [0.29, 0.717) is 54.0 Å². The first-order chi connectivity index (χ1) is 24.2. The van der Waals surface area contributed by atoms with Gasteiger partial charge in [-0.1, -0.05) is 77.9 Å². The molecule has 11 nitrogen and oxygen atoms in total. The smallest absolute Gasteiger partial charge is 0.328 e. The van der Waals surface area contributed by atoms with E-state index in [1.165, 1.54) is 19.2 Å². The normalized spacial score (nSPS) is 9.84. The Morgan fingerprint density at radius 2 is 1.69 bits per heavy atom. The number of anilines is 3. The van der Waals surface area contributed by atoms with Gasteiger partial charge in [0.25, 0.3) is 0 Å². The number of esters is 1. The molecule has 0 saturated carbocycles. The molecule has 0 saturated heterocycles. The zero-order valence-electron chi connectivity index (χ0n) is 31.7. The zero-order chi connectivity index (χ0) is 38.9. The third kappa shape index (κ3) is 21.7. The lowest BCUT2D eigenvalue weighted by molar-refractivity contribution is -0.144. The largest absolute Gasteiger partial charge is 0.487 e. The van der Waals surface area contributed by atoms with Crippen molar-refractivity contribution in [2.45, 2.75) is 88.8 Å². The third-order valence-corrected chi connectivity index (χ3v) is 6.33. The van der Waals surface area contributed by atoms with Gasteiger partial charge < -0.3 is 34.1 Å². The Morgan fingerprint density at radius 1 is 1.08 bits per heavy atom. The van der Waals surface area contributed by atoms with Crippen LogP contribution in [0, 0.1) is 5.82 Å². The number of rotatable bonds is 13. The Hall–Kier alpha value is -4.10. The second-order valence-corrected chi connectivity index (χ2v) is 9.52. The Morgan fingerprint density at radius 3 is 2.18 bits per heavy atom. The minimum Gasteiger partial charge on any atom is -0.487 e. The standard InChI is InChI=1S/C27H32ClFN4O4.C4H8.2C2H6.CH5NO.CH2O.CH4/c1-5-22-24(33(12-13-35-4)18(3)27(34)36-6-2)16-30-32-26(22)31-21-10-11-25(23(28)15-21)37-17-19-8-7-9-20(29)14-19;1-3-4-2;2*1-2;1-3-2;1-2;/h7-11,14-16,18H,5-6,12-13,17H2,1-4H3,(H,31,32);3-4H,1-2H3;2*1-2H3;2H2,1H3;1H2;1H4. The number of carbonyl (C=O) groups is 2. The molecule has 1 heterocycles. The lowest BCUT2D eigenvalue weighted by Gasteiger charge is -2.31. The predicted molar refractivity (Wildman–Crippen MR) is 210 cm³/mol. The van der Waals surface area contributed by atoms with Crippen LogP contribution in [-0.4, -0.2) is 63.0 Å². The van der Waals surface area contributed by atoms with Crippen molar-refractivity contribution >= 4 is 41.6 Å². The minimum absolute atomic E-state index is 0. The Kier molecular flexibility index (Phi) is 37.6. The molecule has 0 aliphatic carbocycles. The van der Waals surface area contributed by atoms with Crippen molar-refractivity contribution in [1.82, 2.24) is 10.2 Å². The molecule has 3 rings (SSSR count). The van der Waals surface area contributed by atoms with Crippen molar-refractivity contribution in [2.75, 3.05) is 44.2 Å². The SMILES string of the molecule is C.C=O.CC.CC.CC=CC.CCOC(=O)C(C)N(CCOC)c1cnnc(Nc2ccc(OCc3cccc(F)c3)c(Cl)c2)c1CC.CON. The number of methoxy groups -OCH3 is 1. The number of ether oxygens (including phenoxy) is 3. The molecule has 1 aromatic heterocycles. The summed E-state index contributed by atoms with van der Waals surface area (Å²) in [6, 6.07) is 10.9.